The van der Waals surface area contributed by atoms with E-state index in [1.165, 1.54) is 0 Å². The van der Waals surface area contributed by atoms with Gasteiger partial charge in [0.05, 0.1) is 6.10 Å². The molecule has 1 unspecified atom stereocenters. The molecule has 1 aromatic carbocycles. The Morgan fingerprint density at radius 3 is 2.62 bits per heavy atom. The van der Waals surface area contributed by atoms with E-state index in [-0.39, 0.29) is 6.10 Å². The molecular weight excluding hydrogens is 204 g/mol. The van der Waals surface area contributed by atoms with Gasteiger partial charge in [-0.3, -0.25) is 0 Å². The Labute approximate surface area is 95.1 Å². The summed E-state index contributed by atoms with van der Waals surface area (Å²) < 4.78 is 11.2. The average Bonchev–Trinajstić information content (AvgIpc) is 2.53. The number of hydrogen-bond donors (Lipinski definition) is 1. The number of amidine groups is 1. The summed E-state index contributed by atoms with van der Waals surface area (Å²) in [5.41, 5.74) is 7.61. The first-order valence-corrected chi connectivity index (χ1v) is 5.27. The fourth-order valence-corrected chi connectivity index (χ4v) is 1.87. The summed E-state index contributed by atoms with van der Waals surface area (Å²) in [5.74, 6) is -0.618. The van der Waals surface area contributed by atoms with Gasteiger partial charge < -0.3 is 15.2 Å². The quantitative estimate of drug-likeness (QED) is 0.787. The van der Waals surface area contributed by atoms with Gasteiger partial charge in [0, 0.05) is 18.2 Å². The van der Waals surface area contributed by atoms with Gasteiger partial charge >= 0.3 is 5.91 Å². The van der Waals surface area contributed by atoms with Crippen LogP contribution in [0.2, 0.25) is 0 Å². The zero-order valence-corrected chi connectivity index (χ0v) is 9.73. The fraction of sp³-hybridized carbons (Fsp3) is 0.417. The average molecular weight is 220 g/mol. The molecule has 0 bridgehead atoms. The lowest BCUT2D eigenvalue weighted by Crippen LogP contribution is -2.31. The van der Waals surface area contributed by atoms with Crippen molar-refractivity contribution in [2.45, 2.75) is 25.9 Å². The number of fused-ring (bicyclic) bond motifs is 1. The van der Waals surface area contributed by atoms with Gasteiger partial charge in [-0.25, -0.2) is 4.99 Å². The molecule has 1 aliphatic heterocycles. The van der Waals surface area contributed by atoms with Crippen molar-refractivity contribution < 1.29 is 9.47 Å². The van der Waals surface area contributed by atoms with Crippen molar-refractivity contribution in [3.8, 4) is 0 Å². The summed E-state index contributed by atoms with van der Waals surface area (Å²) >= 11 is 0. The van der Waals surface area contributed by atoms with E-state index >= 15 is 0 Å². The number of methoxy groups -OCH3 is 1. The van der Waals surface area contributed by atoms with Gasteiger partial charge in [0.2, 0.25) is 0 Å². The molecule has 2 N–H and O–H groups in total. The van der Waals surface area contributed by atoms with Crippen LogP contribution in [-0.2, 0) is 15.4 Å². The Kier molecular flexibility index (Phi) is 2.69. The summed E-state index contributed by atoms with van der Waals surface area (Å²) in [6.07, 6.45) is 0.00246. The largest absolute Gasteiger partial charge is 0.383 e. The summed E-state index contributed by atoms with van der Waals surface area (Å²) in [6.45, 7) is 3.88. The van der Waals surface area contributed by atoms with E-state index in [4.69, 9.17) is 15.2 Å². The summed E-state index contributed by atoms with van der Waals surface area (Å²) in [6, 6.07) is 7.68. The first-order chi connectivity index (χ1) is 7.59. The SMILES string of the molecule is COC1(OC(C)C)N=C(N)c2ccccc21. The molecule has 0 saturated carbocycles. The minimum atomic E-state index is -1.07. The van der Waals surface area contributed by atoms with Gasteiger partial charge in [-0.2, -0.15) is 0 Å². The van der Waals surface area contributed by atoms with E-state index < -0.39 is 5.91 Å². The van der Waals surface area contributed by atoms with Crippen molar-refractivity contribution in [2.24, 2.45) is 10.7 Å². The zero-order valence-electron chi connectivity index (χ0n) is 9.73. The van der Waals surface area contributed by atoms with Crippen LogP contribution in [0.3, 0.4) is 0 Å². The zero-order chi connectivity index (χ0) is 11.8. The molecular formula is C12H16N2O2. The van der Waals surface area contributed by atoms with Crippen LogP contribution in [0.15, 0.2) is 29.3 Å². The molecule has 0 radical (unpaired) electrons. The van der Waals surface area contributed by atoms with Crippen molar-refractivity contribution in [3.63, 3.8) is 0 Å². The Morgan fingerprint density at radius 1 is 1.31 bits per heavy atom. The number of nitrogens with zero attached hydrogens (tertiary/aromatic N) is 1. The van der Waals surface area contributed by atoms with Gasteiger partial charge in [-0.1, -0.05) is 24.3 Å². The van der Waals surface area contributed by atoms with Crippen molar-refractivity contribution in [2.75, 3.05) is 7.11 Å². The molecule has 0 fully saturated rings. The molecule has 4 heteroatoms. The Hall–Kier alpha value is -1.39. The van der Waals surface area contributed by atoms with Crippen molar-refractivity contribution in [1.82, 2.24) is 0 Å². The molecule has 0 spiro atoms. The van der Waals surface area contributed by atoms with Gasteiger partial charge in [0.25, 0.3) is 0 Å². The lowest BCUT2D eigenvalue weighted by Gasteiger charge is -2.27. The second-order valence-corrected chi connectivity index (χ2v) is 4.00. The van der Waals surface area contributed by atoms with Crippen molar-refractivity contribution in [3.05, 3.63) is 35.4 Å². The maximum atomic E-state index is 5.86. The van der Waals surface area contributed by atoms with Crippen LogP contribution in [-0.4, -0.2) is 19.0 Å². The van der Waals surface area contributed by atoms with E-state index in [1.807, 2.05) is 38.1 Å². The van der Waals surface area contributed by atoms with Gasteiger partial charge in [0.15, 0.2) is 0 Å². The van der Waals surface area contributed by atoms with Crippen LogP contribution in [0, 0.1) is 0 Å². The number of benzene rings is 1. The minimum Gasteiger partial charge on any atom is -0.383 e. The van der Waals surface area contributed by atoms with Crippen LogP contribution >= 0.6 is 0 Å². The second kappa shape index (κ2) is 3.88. The number of ether oxygens (including phenoxy) is 2. The van der Waals surface area contributed by atoms with Gasteiger partial charge in [-0.05, 0) is 13.8 Å². The topological polar surface area (TPSA) is 56.8 Å². The van der Waals surface area contributed by atoms with Crippen molar-refractivity contribution >= 4 is 5.84 Å². The smallest absolute Gasteiger partial charge is 0.300 e. The highest BCUT2D eigenvalue weighted by molar-refractivity contribution is 6.01. The molecule has 0 amide bonds. The molecule has 1 heterocycles. The molecule has 1 aromatic rings. The monoisotopic (exact) mass is 220 g/mol. The Balaban J connectivity index is 2.50. The first-order valence-electron chi connectivity index (χ1n) is 5.27. The number of rotatable bonds is 3. The van der Waals surface area contributed by atoms with E-state index in [2.05, 4.69) is 4.99 Å². The third kappa shape index (κ3) is 1.60. The molecule has 1 atom stereocenters. The Morgan fingerprint density at radius 2 is 2.00 bits per heavy atom. The van der Waals surface area contributed by atoms with Crippen LogP contribution in [0.25, 0.3) is 0 Å². The first kappa shape index (κ1) is 11.1. The lowest BCUT2D eigenvalue weighted by atomic mass is 10.1. The van der Waals surface area contributed by atoms with Gasteiger partial charge in [-0.15, -0.1) is 0 Å². The summed E-state index contributed by atoms with van der Waals surface area (Å²) in [5, 5.41) is 0. The fourth-order valence-electron chi connectivity index (χ4n) is 1.87. The molecule has 2 rings (SSSR count). The highest BCUT2D eigenvalue weighted by Gasteiger charge is 2.41. The van der Waals surface area contributed by atoms with E-state index in [0.29, 0.717) is 5.84 Å². The third-order valence-electron chi connectivity index (χ3n) is 2.48. The van der Waals surface area contributed by atoms with Crippen LogP contribution in [0.4, 0.5) is 0 Å². The van der Waals surface area contributed by atoms with E-state index in [1.54, 1.807) is 7.11 Å². The maximum absolute atomic E-state index is 5.86. The second-order valence-electron chi connectivity index (χ2n) is 4.00. The Bertz CT molecular complexity index is 429. The van der Waals surface area contributed by atoms with Crippen LogP contribution < -0.4 is 5.73 Å². The van der Waals surface area contributed by atoms with Crippen molar-refractivity contribution in [1.29, 1.82) is 0 Å². The predicted octanol–water partition coefficient (Wildman–Crippen LogP) is 1.59. The molecule has 4 nitrogen and oxygen atoms in total. The lowest BCUT2D eigenvalue weighted by molar-refractivity contribution is -0.242. The van der Waals surface area contributed by atoms with E-state index in [0.717, 1.165) is 11.1 Å². The highest BCUT2D eigenvalue weighted by Crippen LogP contribution is 2.37. The summed E-state index contributed by atoms with van der Waals surface area (Å²) in [4.78, 5) is 4.30. The molecule has 0 saturated heterocycles. The minimum absolute atomic E-state index is 0.00246. The molecule has 0 aliphatic carbocycles. The molecule has 16 heavy (non-hydrogen) atoms. The molecule has 1 aliphatic rings. The molecule has 0 aromatic heterocycles. The molecule has 86 valence electrons. The number of nitrogens with two attached hydrogens (primary N) is 1. The van der Waals surface area contributed by atoms with E-state index in [9.17, 15) is 0 Å². The highest BCUT2D eigenvalue weighted by atomic mass is 16.7. The van der Waals surface area contributed by atoms with Gasteiger partial charge in [0.1, 0.15) is 5.84 Å². The van der Waals surface area contributed by atoms with Crippen LogP contribution in [0.5, 0.6) is 0 Å². The van der Waals surface area contributed by atoms with Crippen LogP contribution in [0.1, 0.15) is 25.0 Å². The summed E-state index contributed by atoms with van der Waals surface area (Å²) in [7, 11) is 1.57. The maximum Gasteiger partial charge on any atom is 0.300 e. The number of hydrogen-bond acceptors (Lipinski definition) is 4. The number of aliphatic imine (C=N–C) groups is 1. The normalized spacial score (nSPS) is 23.4. The standard InChI is InChI=1S/C12H16N2O2/c1-8(2)16-12(15-3)10-7-5-4-6-9(10)11(13)14-12/h4-8H,1-3H3,(H2,13,14). The third-order valence-corrected chi connectivity index (χ3v) is 2.48. The predicted molar refractivity (Wildman–Crippen MR) is 62.1 cm³/mol.